The highest BCUT2D eigenvalue weighted by Gasteiger charge is 2.31. The molecular formula is C15H31N3O. The minimum absolute atomic E-state index is 0.147. The molecule has 2 atom stereocenters. The largest absolute Gasteiger partial charge is 0.377 e. The van der Waals surface area contributed by atoms with Crippen molar-refractivity contribution >= 4 is 0 Å². The second kappa shape index (κ2) is 7.58. The normalized spacial score (nSPS) is 33.5. The Hall–Kier alpha value is -0.160. The number of nitrogens with two attached hydrogens (primary N) is 1. The van der Waals surface area contributed by atoms with Gasteiger partial charge in [0.05, 0.1) is 6.10 Å². The lowest BCUT2D eigenvalue weighted by Crippen LogP contribution is -2.53. The summed E-state index contributed by atoms with van der Waals surface area (Å²) in [7, 11) is 0. The molecule has 0 aromatic heterocycles. The summed E-state index contributed by atoms with van der Waals surface area (Å²) in [5, 5.41) is 3.75. The summed E-state index contributed by atoms with van der Waals surface area (Å²) in [6.07, 6.45) is 7.72. The van der Waals surface area contributed by atoms with E-state index in [9.17, 15) is 0 Å². The molecule has 0 radical (unpaired) electrons. The Bertz CT molecular complexity index is 256. The van der Waals surface area contributed by atoms with Crippen LogP contribution in [0.25, 0.3) is 0 Å². The predicted molar refractivity (Wildman–Crippen MR) is 79.3 cm³/mol. The molecule has 2 saturated heterocycles. The van der Waals surface area contributed by atoms with Crippen LogP contribution in [0.2, 0.25) is 0 Å². The van der Waals surface area contributed by atoms with Gasteiger partial charge in [-0.3, -0.25) is 0 Å². The molecule has 0 aliphatic carbocycles. The third-order valence-corrected chi connectivity index (χ3v) is 4.70. The zero-order valence-electron chi connectivity index (χ0n) is 12.5. The summed E-state index contributed by atoms with van der Waals surface area (Å²) in [6, 6.07) is 0. The van der Waals surface area contributed by atoms with Crippen molar-refractivity contribution in [3.8, 4) is 0 Å². The van der Waals surface area contributed by atoms with Crippen LogP contribution >= 0.6 is 0 Å². The molecule has 0 spiro atoms. The molecule has 2 fully saturated rings. The average molecular weight is 269 g/mol. The van der Waals surface area contributed by atoms with E-state index >= 15 is 0 Å². The van der Waals surface area contributed by atoms with E-state index in [1.54, 1.807) is 0 Å². The molecule has 19 heavy (non-hydrogen) atoms. The van der Waals surface area contributed by atoms with Crippen LogP contribution in [0, 0.1) is 0 Å². The first-order valence-corrected chi connectivity index (χ1v) is 8.07. The van der Waals surface area contributed by atoms with Crippen LogP contribution in [0.1, 0.15) is 45.4 Å². The van der Waals surface area contributed by atoms with Crippen molar-refractivity contribution in [2.75, 3.05) is 39.3 Å². The van der Waals surface area contributed by atoms with Crippen molar-refractivity contribution in [2.24, 2.45) is 5.73 Å². The second-order valence-electron chi connectivity index (χ2n) is 6.20. The highest BCUT2D eigenvalue weighted by atomic mass is 16.5. The molecule has 0 amide bonds. The molecule has 0 bridgehead atoms. The highest BCUT2D eigenvalue weighted by Crippen LogP contribution is 2.22. The molecular weight excluding hydrogens is 238 g/mol. The van der Waals surface area contributed by atoms with Crippen LogP contribution < -0.4 is 11.1 Å². The number of nitrogens with zero attached hydrogens (tertiary/aromatic N) is 1. The summed E-state index contributed by atoms with van der Waals surface area (Å²) in [4.78, 5) is 2.59. The Morgan fingerprint density at radius 2 is 2.21 bits per heavy atom. The molecule has 0 aromatic rings. The smallest absolute Gasteiger partial charge is 0.0700 e. The molecule has 4 nitrogen and oxygen atoms in total. The Labute approximate surface area is 118 Å². The first-order chi connectivity index (χ1) is 9.28. The number of likely N-dealkylation sites (tertiary alicyclic amines) is 1. The van der Waals surface area contributed by atoms with Gasteiger partial charge >= 0.3 is 0 Å². The van der Waals surface area contributed by atoms with Gasteiger partial charge in [0.2, 0.25) is 0 Å². The van der Waals surface area contributed by atoms with Crippen LogP contribution in [0.15, 0.2) is 0 Å². The molecule has 2 aliphatic rings. The van der Waals surface area contributed by atoms with Crippen molar-refractivity contribution < 1.29 is 4.74 Å². The van der Waals surface area contributed by atoms with Gasteiger partial charge in [-0.15, -0.1) is 0 Å². The summed E-state index contributed by atoms with van der Waals surface area (Å²) in [5.74, 6) is 0. The maximum Gasteiger partial charge on any atom is 0.0700 e. The van der Waals surface area contributed by atoms with Crippen molar-refractivity contribution in [1.82, 2.24) is 10.2 Å². The second-order valence-corrected chi connectivity index (χ2v) is 6.20. The van der Waals surface area contributed by atoms with E-state index in [1.165, 1.54) is 58.2 Å². The maximum absolute atomic E-state index is 6.09. The van der Waals surface area contributed by atoms with Crippen LogP contribution in [-0.2, 0) is 4.74 Å². The van der Waals surface area contributed by atoms with Gasteiger partial charge in [-0.25, -0.2) is 0 Å². The first-order valence-electron chi connectivity index (χ1n) is 8.07. The molecule has 2 unspecified atom stereocenters. The Morgan fingerprint density at radius 1 is 1.32 bits per heavy atom. The Kier molecular flexibility index (Phi) is 6.07. The lowest BCUT2D eigenvalue weighted by molar-refractivity contribution is 0.0988. The van der Waals surface area contributed by atoms with Crippen molar-refractivity contribution in [3.63, 3.8) is 0 Å². The van der Waals surface area contributed by atoms with E-state index in [4.69, 9.17) is 10.5 Å². The van der Waals surface area contributed by atoms with Crippen molar-refractivity contribution in [1.29, 1.82) is 0 Å². The van der Waals surface area contributed by atoms with Gasteiger partial charge in [0.25, 0.3) is 0 Å². The van der Waals surface area contributed by atoms with Gasteiger partial charge in [-0.1, -0.05) is 6.92 Å². The number of nitrogens with one attached hydrogen (secondary N) is 1. The average Bonchev–Trinajstić information content (AvgIpc) is 2.87. The van der Waals surface area contributed by atoms with E-state index in [2.05, 4.69) is 17.1 Å². The van der Waals surface area contributed by atoms with Gasteiger partial charge in [0.1, 0.15) is 0 Å². The van der Waals surface area contributed by atoms with Gasteiger partial charge in [0, 0.05) is 25.2 Å². The molecule has 0 saturated carbocycles. The quantitative estimate of drug-likeness (QED) is 0.764. The number of ether oxygens (including phenoxy) is 1. The standard InChI is InChI=1S/C15H31N3O/c1-2-8-18-9-4-6-15(13-16,7-10-18)17-12-14-5-3-11-19-14/h14,17H,2-13,16H2,1H3. The molecule has 4 heteroatoms. The van der Waals surface area contributed by atoms with E-state index in [1.807, 2.05) is 0 Å². The minimum Gasteiger partial charge on any atom is -0.377 e. The fourth-order valence-corrected chi connectivity index (χ4v) is 3.38. The maximum atomic E-state index is 6.09. The SMILES string of the molecule is CCCN1CCCC(CN)(NCC2CCCO2)CC1. The molecule has 112 valence electrons. The third kappa shape index (κ3) is 4.42. The van der Waals surface area contributed by atoms with Crippen LogP contribution in [0.4, 0.5) is 0 Å². The van der Waals surface area contributed by atoms with E-state index in [-0.39, 0.29) is 5.54 Å². The van der Waals surface area contributed by atoms with Crippen LogP contribution in [-0.4, -0.2) is 55.9 Å². The summed E-state index contributed by atoms with van der Waals surface area (Å²) in [6.45, 7) is 8.57. The van der Waals surface area contributed by atoms with E-state index < -0.39 is 0 Å². The Balaban J connectivity index is 1.82. The van der Waals surface area contributed by atoms with Gasteiger partial charge in [-0.05, 0) is 58.2 Å². The summed E-state index contributed by atoms with van der Waals surface area (Å²) in [5.41, 5.74) is 6.24. The molecule has 2 rings (SSSR count). The third-order valence-electron chi connectivity index (χ3n) is 4.70. The zero-order valence-corrected chi connectivity index (χ0v) is 12.5. The van der Waals surface area contributed by atoms with Crippen LogP contribution in [0.5, 0.6) is 0 Å². The molecule has 2 heterocycles. The summed E-state index contributed by atoms with van der Waals surface area (Å²) >= 11 is 0. The van der Waals surface area contributed by atoms with Crippen LogP contribution in [0.3, 0.4) is 0 Å². The van der Waals surface area contributed by atoms with Crippen molar-refractivity contribution in [3.05, 3.63) is 0 Å². The van der Waals surface area contributed by atoms with Gasteiger partial charge in [0.15, 0.2) is 0 Å². The molecule has 2 aliphatic heterocycles. The fourth-order valence-electron chi connectivity index (χ4n) is 3.38. The monoisotopic (exact) mass is 269 g/mol. The minimum atomic E-state index is 0.147. The molecule has 0 aromatic carbocycles. The van der Waals surface area contributed by atoms with Gasteiger partial charge in [-0.2, -0.15) is 0 Å². The molecule has 3 N–H and O–H groups in total. The van der Waals surface area contributed by atoms with E-state index in [0.29, 0.717) is 6.10 Å². The first kappa shape index (κ1) is 15.2. The lowest BCUT2D eigenvalue weighted by atomic mass is 9.90. The highest BCUT2D eigenvalue weighted by molar-refractivity contribution is 4.93. The lowest BCUT2D eigenvalue weighted by Gasteiger charge is -2.34. The predicted octanol–water partition coefficient (Wildman–Crippen LogP) is 1.35. The Morgan fingerprint density at radius 3 is 2.89 bits per heavy atom. The summed E-state index contributed by atoms with van der Waals surface area (Å²) < 4.78 is 5.71. The zero-order chi connectivity index (χ0) is 13.6. The topological polar surface area (TPSA) is 50.5 Å². The van der Waals surface area contributed by atoms with E-state index in [0.717, 1.165) is 19.7 Å². The fraction of sp³-hybridized carbons (Fsp3) is 1.00. The number of hydrogen-bond acceptors (Lipinski definition) is 4. The van der Waals surface area contributed by atoms with Crippen molar-refractivity contribution in [2.45, 2.75) is 57.1 Å². The number of rotatable bonds is 6. The number of hydrogen-bond donors (Lipinski definition) is 2. The van der Waals surface area contributed by atoms with Gasteiger partial charge < -0.3 is 20.7 Å².